The average molecular weight is 364 g/mol. The van der Waals surface area contributed by atoms with Gasteiger partial charge in [-0.3, -0.25) is 9.48 Å². The number of fused-ring (bicyclic) bond motifs is 1. The van der Waals surface area contributed by atoms with E-state index in [4.69, 9.17) is 9.47 Å². The minimum Gasteiger partial charge on any atom is -0.486 e. The first kappa shape index (κ1) is 13.6. The summed E-state index contributed by atoms with van der Waals surface area (Å²) < 4.78 is 14.0. The van der Waals surface area contributed by atoms with Crippen molar-refractivity contribution in [2.24, 2.45) is 0 Å². The van der Waals surface area contributed by atoms with Gasteiger partial charge in [0.05, 0.1) is 22.3 Å². The number of hydrogen-bond acceptors (Lipinski definition) is 4. The van der Waals surface area contributed by atoms with Gasteiger partial charge < -0.3 is 14.4 Å². The summed E-state index contributed by atoms with van der Waals surface area (Å²) in [5.41, 5.74) is 0.567. The van der Waals surface area contributed by atoms with Gasteiger partial charge in [0, 0.05) is 19.3 Å². The lowest BCUT2D eigenvalue weighted by Crippen LogP contribution is -2.51. The molecular formula is C15H14BrN3O3. The molecule has 3 heterocycles. The van der Waals surface area contributed by atoms with Gasteiger partial charge in [-0.15, -0.1) is 0 Å². The highest BCUT2D eigenvalue weighted by Gasteiger charge is 2.35. The summed E-state index contributed by atoms with van der Waals surface area (Å²) >= 11 is 3.38. The summed E-state index contributed by atoms with van der Waals surface area (Å²) in [6.07, 6.45) is 3.68. The molecule has 0 unspecified atom stereocenters. The Hall–Kier alpha value is -2.02. The lowest BCUT2D eigenvalue weighted by molar-refractivity contribution is 0.0493. The standard InChI is InChI=1S/C15H14BrN3O3/c16-10-6-17-19(7-10)11-8-18(9-11)15(20)12-2-1-3-13-14(12)22-5-4-21-13/h1-3,6-7,11H,4-5,8-9H2. The van der Waals surface area contributed by atoms with Crippen LogP contribution in [0.3, 0.4) is 0 Å². The third kappa shape index (κ3) is 2.25. The van der Waals surface area contributed by atoms with Crippen molar-refractivity contribution in [1.29, 1.82) is 0 Å². The molecule has 2 aliphatic heterocycles. The zero-order valence-corrected chi connectivity index (χ0v) is 13.3. The van der Waals surface area contributed by atoms with Crippen LogP contribution in [0.2, 0.25) is 0 Å². The fraction of sp³-hybridized carbons (Fsp3) is 0.333. The SMILES string of the molecule is O=C(c1cccc2c1OCCO2)N1CC(n2cc(Br)cn2)C1. The second-order valence-electron chi connectivity index (χ2n) is 5.33. The van der Waals surface area contributed by atoms with Gasteiger partial charge in [0.2, 0.25) is 0 Å². The number of rotatable bonds is 2. The van der Waals surface area contributed by atoms with E-state index in [0.29, 0.717) is 43.4 Å². The van der Waals surface area contributed by atoms with Gasteiger partial charge in [-0.05, 0) is 28.1 Å². The summed E-state index contributed by atoms with van der Waals surface area (Å²) in [7, 11) is 0. The fourth-order valence-electron chi connectivity index (χ4n) is 2.72. The van der Waals surface area contributed by atoms with Gasteiger partial charge in [0.1, 0.15) is 13.2 Å². The van der Waals surface area contributed by atoms with Crippen molar-refractivity contribution < 1.29 is 14.3 Å². The van der Waals surface area contributed by atoms with Crippen molar-refractivity contribution in [2.75, 3.05) is 26.3 Å². The van der Waals surface area contributed by atoms with Crippen LogP contribution < -0.4 is 9.47 Å². The number of halogens is 1. The molecule has 0 atom stereocenters. The van der Waals surface area contributed by atoms with Gasteiger partial charge in [-0.25, -0.2) is 0 Å². The quantitative estimate of drug-likeness (QED) is 0.819. The zero-order chi connectivity index (χ0) is 15.1. The number of amides is 1. The Morgan fingerprint density at radius 3 is 2.86 bits per heavy atom. The molecule has 0 saturated carbocycles. The Bertz CT molecular complexity index is 725. The first-order chi connectivity index (χ1) is 10.7. The van der Waals surface area contributed by atoms with E-state index in [0.717, 1.165) is 4.47 Å². The molecule has 0 aliphatic carbocycles. The van der Waals surface area contributed by atoms with Crippen molar-refractivity contribution in [3.63, 3.8) is 0 Å². The van der Waals surface area contributed by atoms with Crippen LogP contribution in [0.4, 0.5) is 0 Å². The van der Waals surface area contributed by atoms with E-state index in [-0.39, 0.29) is 11.9 Å². The van der Waals surface area contributed by atoms with Crippen LogP contribution in [0.25, 0.3) is 0 Å². The Kier molecular flexibility index (Phi) is 3.29. The maximum absolute atomic E-state index is 12.6. The molecule has 1 saturated heterocycles. The Morgan fingerprint density at radius 2 is 2.09 bits per heavy atom. The predicted molar refractivity (Wildman–Crippen MR) is 82.3 cm³/mol. The highest BCUT2D eigenvalue weighted by atomic mass is 79.9. The van der Waals surface area contributed by atoms with E-state index in [9.17, 15) is 4.79 Å². The normalized spacial score (nSPS) is 17.2. The first-order valence-electron chi connectivity index (χ1n) is 7.10. The molecule has 0 bridgehead atoms. The van der Waals surface area contributed by atoms with Gasteiger partial charge in [0.15, 0.2) is 11.5 Å². The number of para-hydroxylation sites is 1. The fourth-order valence-corrected chi connectivity index (χ4v) is 3.02. The van der Waals surface area contributed by atoms with Crippen molar-refractivity contribution in [3.8, 4) is 11.5 Å². The van der Waals surface area contributed by atoms with E-state index in [2.05, 4.69) is 21.0 Å². The molecule has 2 aromatic rings. The number of nitrogens with zero attached hydrogens (tertiary/aromatic N) is 3. The van der Waals surface area contributed by atoms with Crippen molar-refractivity contribution in [2.45, 2.75) is 6.04 Å². The zero-order valence-electron chi connectivity index (χ0n) is 11.7. The Balaban J connectivity index is 1.50. The molecule has 0 radical (unpaired) electrons. The van der Waals surface area contributed by atoms with Gasteiger partial charge in [0.25, 0.3) is 5.91 Å². The van der Waals surface area contributed by atoms with Crippen LogP contribution in [0.15, 0.2) is 35.1 Å². The first-order valence-corrected chi connectivity index (χ1v) is 7.89. The summed E-state index contributed by atoms with van der Waals surface area (Å²) in [5.74, 6) is 1.18. The van der Waals surface area contributed by atoms with E-state index in [1.54, 1.807) is 17.2 Å². The molecule has 4 rings (SSSR count). The minimum absolute atomic E-state index is 0.0233. The smallest absolute Gasteiger partial charge is 0.257 e. The molecule has 1 fully saturated rings. The molecule has 0 N–H and O–H groups in total. The summed E-state index contributed by atoms with van der Waals surface area (Å²) in [6, 6.07) is 5.66. The number of likely N-dealkylation sites (tertiary alicyclic amines) is 1. The molecule has 114 valence electrons. The van der Waals surface area contributed by atoms with Crippen LogP contribution in [0.5, 0.6) is 11.5 Å². The Labute approximate surface area is 135 Å². The van der Waals surface area contributed by atoms with Crippen LogP contribution in [-0.4, -0.2) is 46.9 Å². The van der Waals surface area contributed by atoms with E-state index in [1.807, 2.05) is 23.0 Å². The van der Waals surface area contributed by atoms with Crippen molar-refractivity contribution >= 4 is 21.8 Å². The molecular weight excluding hydrogens is 350 g/mol. The Morgan fingerprint density at radius 1 is 1.27 bits per heavy atom. The molecule has 6 nitrogen and oxygen atoms in total. The second kappa shape index (κ2) is 5.31. The maximum Gasteiger partial charge on any atom is 0.257 e. The van der Waals surface area contributed by atoms with E-state index in [1.165, 1.54) is 0 Å². The monoisotopic (exact) mass is 363 g/mol. The predicted octanol–water partition coefficient (Wildman–Crippen LogP) is 2.11. The van der Waals surface area contributed by atoms with Gasteiger partial charge in [-0.2, -0.15) is 5.10 Å². The van der Waals surface area contributed by atoms with Crippen LogP contribution in [0, 0.1) is 0 Å². The molecule has 7 heteroatoms. The van der Waals surface area contributed by atoms with Gasteiger partial charge in [-0.1, -0.05) is 6.07 Å². The topological polar surface area (TPSA) is 56.6 Å². The molecule has 2 aliphatic rings. The van der Waals surface area contributed by atoms with Gasteiger partial charge >= 0.3 is 0 Å². The van der Waals surface area contributed by atoms with E-state index < -0.39 is 0 Å². The summed E-state index contributed by atoms with van der Waals surface area (Å²) in [5, 5.41) is 4.26. The summed E-state index contributed by atoms with van der Waals surface area (Å²) in [6.45, 7) is 2.29. The largest absolute Gasteiger partial charge is 0.486 e. The lowest BCUT2D eigenvalue weighted by atomic mass is 10.1. The lowest BCUT2D eigenvalue weighted by Gasteiger charge is -2.39. The van der Waals surface area contributed by atoms with Crippen molar-refractivity contribution in [3.05, 3.63) is 40.6 Å². The van der Waals surface area contributed by atoms with E-state index >= 15 is 0 Å². The number of hydrogen-bond donors (Lipinski definition) is 0. The highest BCUT2D eigenvalue weighted by Crippen LogP contribution is 2.35. The highest BCUT2D eigenvalue weighted by molar-refractivity contribution is 9.10. The second-order valence-corrected chi connectivity index (χ2v) is 6.25. The minimum atomic E-state index is -0.0233. The number of carbonyl (C=O) groups excluding carboxylic acids is 1. The number of carbonyl (C=O) groups is 1. The van der Waals surface area contributed by atoms with Crippen molar-refractivity contribution in [1.82, 2.24) is 14.7 Å². The molecule has 1 aromatic heterocycles. The number of benzene rings is 1. The molecule has 0 spiro atoms. The number of ether oxygens (including phenoxy) is 2. The molecule has 1 aromatic carbocycles. The maximum atomic E-state index is 12.6. The van der Waals surface area contributed by atoms with Crippen LogP contribution in [-0.2, 0) is 0 Å². The molecule has 1 amide bonds. The third-order valence-corrected chi connectivity index (χ3v) is 4.30. The molecule has 22 heavy (non-hydrogen) atoms. The van der Waals surface area contributed by atoms with Crippen LogP contribution in [0.1, 0.15) is 16.4 Å². The van der Waals surface area contributed by atoms with Crippen LogP contribution >= 0.6 is 15.9 Å². The average Bonchev–Trinajstić information content (AvgIpc) is 2.91. The summed E-state index contributed by atoms with van der Waals surface area (Å²) in [4.78, 5) is 14.4. The third-order valence-electron chi connectivity index (χ3n) is 3.89. The number of aromatic nitrogens is 2.